The fourth-order valence-corrected chi connectivity index (χ4v) is 5.64. The number of hydrogen-bond acceptors (Lipinski definition) is 5. The molecule has 2 bridgehead atoms. The molecule has 29 heavy (non-hydrogen) atoms. The van der Waals surface area contributed by atoms with E-state index in [0.29, 0.717) is 12.2 Å². The number of pyridine rings is 1. The topological polar surface area (TPSA) is 35.0 Å². The maximum absolute atomic E-state index is 4.88. The molecule has 1 aromatic heterocycles. The van der Waals surface area contributed by atoms with Crippen LogP contribution in [0.5, 0.6) is 0 Å². The van der Waals surface area contributed by atoms with Gasteiger partial charge in [0.1, 0.15) is 12.0 Å². The zero-order valence-corrected chi connectivity index (χ0v) is 16.9. The van der Waals surface area contributed by atoms with E-state index >= 15 is 0 Å². The molecule has 4 aliphatic heterocycles. The van der Waals surface area contributed by atoms with Crippen LogP contribution in [-0.2, 0) is 0 Å². The Morgan fingerprint density at radius 3 is 2.38 bits per heavy atom. The lowest BCUT2D eigenvalue weighted by Gasteiger charge is -2.50. The number of anilines is 1. The molecule has 5 aliphatic rings. The molecule has 1 atom stereocenters. The minimum atomic E-state index is 0.318. The van der Waals surface area contributed by atoms with Crippen molar-refractivity contribution >= 4 is 22.9 Å². The maximum atomic E-state index is 4.88. The van der Waals surface area contributed by atoms with Gasteiger partial charge in [-0.1, -0.05) is 18.2 Å². The van der Waals surface area contributed by atoms with Crippen LogP contribution in [-0.4, -0.2) is 59.4 Å². The van der Waals surface area contributed by atoms with E-state index in [1.807, 2.05) is 6.20 Å². The van der Waals surface area contributed by atoms with Crippen LogP contribution in [0.2, 0.25) is 0 Å². The molecule has 5 heterocycles. The van der Waals surface area contributed by atoms with E-state index in [4.69, 9.17) is 4.98 Å². The Morgan fingerprint density at radius 2 is 1.59 bits per heavy atom. The van der Waals surface area contributed by atoms with Gasteiger partial charge >= 0.3 is 0 Å². The first-order chi connectivity index (χ1) is 14.3. The van der Waals surface area contributed by atoms with Gasteiger partial charge in [0.05, 0.1) is 11.6 Å². The summed E-state index contributed by atoms with van der Waals surface area (Å²) in [7, 11) is 0. The van der Waals surface area contributed by atoms with Gasteiger partial charge in [-0.2, -0.15) is 0 Å². The van der Waals surface area contributed by atoms with Gasteiger partial charge in [-0.3, -0.25) is 9.89 Å². The number of benzene rings is 1. The molecule has 2 aromatic rings. The quantitative estimate of drug-likeness (QED) is 0.804. The van der Waals surface area contributed by atoms with Crippen molar-refractivity contribution < 1.29 is 0 Å². The van der Waals surface area contributed by atoms with Crippen LogP contribution >= 0.6 is 0 Å². The number of para-hydroxylation sites is 1. The number of aliphatic imine (C=N–C) groups is 1. The normalized spacial score (nSPS) is 30.0. The zero-order chi connectivity index (χ0) is 19.2. The van der Waals surface area contributed by atoms with Crippen molar-refractivity contribution in [1.29, 1.82) is 0 Å². The summed E-state index contributed by atoms with van der Waals surface area (Å²) in [6, 6.07) is 13.2. The van der Waals surface area contributed by atoms with Crippen LogP contribution in [0.4, 0.5) is 5.82 Å². The van der Waals surface area contributed by atoms with Gasteiger partial charge in [-0.15, -0.1) is 0 Å². The third-order valence-corrected chi connectivity index (χ3v) is 7.37. The van der Waals surface area contributed by atoms with Crippen molar-refractivity contribution in [2.24, 2.45) is 16.8 Å². The average Bonchev–Trinajstić information content (AvgIpc) is 3.07. The molecule has 1 aliphatic carbocycles. The number of fused-ring (bicyclic) bond motifs is 5. The fourth-order valence-electron chi connectivity index (χ4n) is 5.64. The molecular formula is C24H29N5. The van der Waals surface area contributed by atoms with Crippen molar-refractivity contribution in [3.63, 3.8) is 0 Å². The Hall–Kier alpha value is -2.40. The smallest absolute Gasteiger partial charge is 0.129 e. The number of hydrogen-bond donors (Lipinski definition) is 0. The van der Waals surface area contributed by atoms with E-state index < -0.39 is 0 Å². The van der Waals surface area contributed by atoms with E-state index in [1.165, 1.54) is 44.2 Å². The van der Waals surface area contributed by atoms with Crippen molar-refractivity contribution in [2.75, 3.05) is 31.1 Å². The molecule has 3 saturated heterocycles. The van der Waals surface area contributed by atoms with E-state index in [1.54, 1.807) is 0 Å². The first-order valence-electron chi connectivity index (χ1n) is 11.2. The van der Waals surface area contributed by atoms with Crippen molar-refractivity contribution in [3.05, 3.63) is 48.8 Å². The lowest BCUT2D eigenvalue weighted by molar-refractivity contribution is 0.0761. The molecule has 5 heteroatoms. The zero-order valence-electron chi connectivity index (χ0n) is 16.9. The Labute approximate surface area is 172 Å². The molecule has 1 saturated carbocycles. The monoisotopic (exact) mass is 387 g/mol. The summed E-state index contributed by atoms with van der Waals surface area (Å²) in [4.78, 5) is 17.1. The summed E-state index contributed by atoms with van der Waals surface area (Å²) < 4.78 is 0. The average molecular weight is 388 g/mol. The number of rotatable bonds is 3. The van der Waals surface area contributed by atoms with Crippen LogP contribution in [0.15, 0.2) is 53.8 Å². The lowest BCUT2D eigenvalue weighted by atomic mass is 9.84. The molecule has 0 spiro atoms. The van der Waals surface area contributed by atoms with Gasteiger partial charge in [0, 0.05) is 50.2 Å². The molecule has 7 rings (SSSR count). The molecular weight excluding hydrogens is 358 g/mol. The molecule has 1 aromatic carbocycles. The van der Waals surface area contributed by atoms with Crippen LogP contribution in [0, 0.1) is 11.8 Å². The highest BCUT2D eigenvalue weighted by atomic mass is 15.4. The lowest BCUT2D eigenvalue weighted by Crippen LogP contribution is -2.64. The fraction of sp³-hybridized carbons (Fsp3) is 0.500. The predicted octanol–water partition coefficient (Wildman–Crippen LogP) is 3.73. The maximum Gasteiger partial charge on any atom is 0.129 e. The Bertz CT molecular complexity index is 925. The van der Waals surface area contributed by atoms with Crippen LogP contribution in [0.1, 0.15) is 25.7 Å². The highest BCUT2D eigenvalue weighted by molar-refractivity contribution is 5.80. The van der Waals surface area contributed by atoms with Crippen LogP contribution < -0.4 is 4.90 Å². The first kappa shape index (κ1) is 17.5. The molecule has 1 unspecified atom stereocenters. The van der Waals surface area contributed by atoms with Crippen molar-refractivity contribution in [3.8, 4) is 0 Å². The highest BCUT2D eigenvalue weighted by Gasteiger charge is 2.39. The summed E-state index contributed by atoms with van der Waals surface area (Å²) in [5, 5.41) is 1.21. The first-order valence-corrected chi connectivity index (χ1v) is 11.2. The minimum Gasteiger partial charge on any atom is -0.352 e. The summed E-state index contributed by atoms with van der Waals surface area (Å²) in [5.41, 5.74) is 1.08. The van der Waals surface area contributed by atoms with E-state index in [0.717, 1.165) is 36.3 Å². The Kier molecular flexibility index (Phi) is 4.29. The molecule has 4 fully saturated rings. The van der Waals surface area contributed by atoms with E-state index in [-0.39, 0.29) is 0 Å². The van der Waals surface area contributed by atoms with Crippen molar-refractivity contribution in [1.82, 2.24) is 14.8 Å². The highest BCUT2D eigenvalue weighted by Crippen LogP contribution is 2.36. The van der Waals surface area contributed by atoms with E-state index in [9.17, 15) is 0 Å². The van der Waals surface area contributed by atoms with Gasteiger partial charge < -0.3 is 9.80 Å². The molecule has 5 nitrogen and oxygen atoms in total. The van der Waals surface area contributed by atoms with Gasteiger partial charge in [-0.05, 0) is 55.7 Å². The molecule has 0 radical (unpaired) electrons. The second-order valence-corrected chi connectivity index (χ2v) is 9.22. The summed E-state index contributed by atoms with van der Waals surface area (Å²) in [5.74, 6) is 2.86. The predicted molar refractivity (Wildman–Crippen MR) is 118 cm³/mol. The minimum absolute atomic E-state index is 0.318. The summed E-state index contributed by atoms with van der Waals surface area (Å²) >= 11 is 0. The largest absolute Gasteiger partial charge is 0.352 e. The van der Waals surface area contributed by atoms with Gasteiger partial charge in [-0.25, -0.2) is 4.98 Å². The number of nitrogens with zero attached hydrogens (tertiary/aromatic N) is 5. The van der Waals surface area contributed by atoms with Crippen LogP contribution in [0.25, 0.3) is 10.9 Å². The third-order valence-electron chi connectivity index (χ3n) is 7.37. The molecule has 150 valence electrons. The van der Waals surface area contributed by atoms with Gasteiger partial charge in [0.15, 0.2) is 0 Å². The third kappa shape index (κ3) is 3.21. The van der Waals surface area contributed by atoms with Crippen LogP contribution in [0.3, 0.4) is 0 Å². The van der Waals surface area contributed by atoms with Crippen molar-refractivity contribution in [2.45, 2.75) is 37.9 Å². The number of aromatic nitrogens is 1. The molecule has 0 amide bonds. The summed E-state index contributed by atoms with van der Waals surface area (Å²) in [6.45, 7) is 4.53. The second-order valence-electron chi connectivity index (χ2n) is 9.22. The second kappa shape index (κ2) is 7.13. The SMILES string of the molecule is C1=CN(C2CN(c3ccc4ccccc4n3)C2)C(N2CC3CCC(CC3)C2)C=N1. The standard InChI is InChI=1S/C24H29N5/c1-2-4-22-20(3-1)9-10-23(26-22)27-16-21(17-27)29-12-11-25-13-24(29)28-14-18-5-6-19(15-28)8-7-18/h1-4,9-13,18-19,21,24H,5-8,14-17H2. The Morgan fingerprint density at radius 1 is 0.828 bits per heavy atom. The Balaban J connectivity index is 1.17. The van der Waals surface area contributed by atoms with Gasteiger partial charge in [0.25, 0.3) is 0 Å². The molecule has 0 N–H and O–H groups in total. The van der Waals surface area contributed by atoms with Gasteiger partial charge in [0.2, 0.25) is 0 Å². The van der Waals surface area contributed by atoms with E-state index in [2.05, 4.69) is 68.5 Å². The summed E-state index contributed by atoms with van der Waals surface area (Å²) in [6.07, 6.45) is 12.3.